The average molecular weight is 297 g/mol. The van der Waals surface area contributed by atoms with Crippen molar-refractivity contribution in [2.24, 2.45) is 11.1 Å². The maximum absolute atomic E-state index is 12.0. The van der Waals surface area contributed by atoms with Crippen LogP contribution in [0.2, 0.25) is 0 Å². The minimum atomic E-state index is -0.297. The molecule has 4 heteroatoms. The van der Waals surface area contributed by atoms with Crippen LogP contribution in [0.1, 0.15) is 24.0 Å². The summed E-state index contributed by atoms with van der Waals surface area (Å²) in [6.45, 7) is 4.47. The molecule has 0 unspecified atom stereocenters. The molecule has 1 aliphatic rings. The van der Waals surface area contributed by atoms with E-state index in [2.05, 4.69) is 21.2 Å². The zero-order valence-electron chi connectivity index (χ0n) is 10.1. The van der Waals surface area contributed by atoms with Crippen LogP contribution in [0.25, 0.3) is 0 Å². The van der Waals surface area contributed by atoms with E-state index in [4.69, 9.17) is 5.73 Å². The van der Waals surface area contributed by atoms with E-state index in [1.165, 1.54) is 0 Å². The minimum absolute atomic E-state index is 0.0566. The van der Waals surface area contributed by atoms with E-state index in [-0.39, 0.29) is 11.3 Å². The quantitative estimate of drug-likeness (QED) is 0.901. The molecule has 0 aliphatic heterocycles. The van der Waals surface area contributed by atoms with Gasteiger partial charge in [-0.2, -0.15) is 0 Å². The Hall–Kier alpha value is -0.870. The molecule has 2 rings (SSSR count). The van der Waals surface area contributed by atoms with Gasteiger partial charge in [-0.05, 0) is 49.9 Å². The number of carbonyl (C=O) groups excluding carboxylic acids is 1. The number of amides is 1. The average Bonchev–Trinajstić information content (AvgIpc) is 3.06. The first-order valence-corrected chi connectivity index (χ1v) is 6.56. The molecule has 1 amide bonds. The van der Waals surface area contributed by atoms with E-state index >= 15 is 0 Å². The van der Waals surface area contributed by atoms with E-state index in [0.717, 1.165) is 34.1 Å². The van der Waals surface area contributed by atoms with Gasteiger partial charge in [0, 0.05) is 16.7 Å². The summed E-state index contributed by atoms with van der Waals surface area (Å²) in [4.78, 5) is 12.0. The molecule has 1 fully saturated rings. The van der Waals surface area contributed by atoms with Crippen molar-refractivity contribution in [1.29, 1.82) is 0 Å². The van der Waals surface area contributed by atoms with Crippen molar-refractivity contribution in [1.82, 2.24) is 0 Å². The smallest absolute Gasteiger partial charge is 0.231 e. The summed E-state index contributed by atoms with van der Waals surface area (Å²) in [5.41, 5.74) is 8.44. The Morgan fingerprint density at radius 2 is 1.94 bits per heavy atom. The highest BCUT2D eigenvalue weighted by molar-refractivity contribution is 9.10. The number of anilines is 1. The highest BCUT2D eigenvalue weighted by Crippen LogP contribution is 2.45. The van der Waals surface area contributed by atoms with E-state index in [1.807, 2.05) is 26.0 Å². The largest absolute Gasteiger partial charge is 0.329 e. The number of carbonyl (C=O) groups is 1. The second-order valence-corrected chi connectivity index (χ2v) is 5.66. The van der Waals surface area contributed by atoms with Crippen molar-refractivity contribution >= 4 is 27.5 Å². The Balaban J connectivity index is 2.17. The third-order valence-electron chi connectivity index (χ3n) is 3.42. The molecule has 0 aromatic heterocycles. The summed E-state index contributed by atoms with van der Waals surface area (Å²) in [6.07, 6.45) is 1.81. The topological polar surface area (TPSA) is 55.1 Å². The lowest BCUT2D eigenvalue weighted by molar-refractivity contribution is -0.120. The Kier molecular flexibility index (Phi) is 3.27. The highest BCUT2D eigenvalue weighted by Gasteiger charge is 2.48. The Bertz CT molecular complexity index is 443. The standard InChI is InChI=1S/C13H17BrN2O/c1-8-5-10(6-9(2)11(8)14)16-12(17)13(7-15)3-4-13/h5-6H,3-4,7,15H2,1-2H3,(H,16,17). The Morgan fingerprint density at radius 1 is 1.41 bits per heavy atom. The predicted octanol–water partition coefficient (Wildman–Crippen LogP) is 2.74. The molecule has 1 aromatic rings. The summed E-state index contributed by atoms with van der Waals surface area (Å²) >= 11 is 3.51. The van der Waals surface area contributed by atoms with Crippen molar-refractivity contribution in [3.63, 3.8) is 0 Å². The first kappa shape index (κ1) is 12.6. The summed E-state index contributed by atoms with van der Waals surface area (Å²) in [5.74, 6) is 0.0566. The summed E-state index contributed by atoms with van der Waals surface area (Å²) in [7, 11) is 0. The zero-order valence-corrected chi connectivity index (χ0v) is 11.7. The second-order valence-electron chi connectivity index (χ2n) is 4.86. The second kappa shape index (κ2) is 4.42. The van der Waals surface area contributed by atoms with Gasteiger partial charge in [-0.15, -0.1) is 0 Å². The number of rotatable bonds is 3. The van der Waals surface area contributed by atoms with Gasteiger partial charge in [-0.1, -0.05) is 15.9 Å². The SMILES string of the molecule is Cc1cc(NC(=O)C2(CN)CC2)cc(C)c1Br. The van der Waals surface area contributed by atoms with E-state index < -0.39 is 0 Å². The van der Waals surface area contributed by atoms with Crippen LogP contribution in [0.4, 0.5) is 5.69 Å². The molecule has 1 aliphatic carbocycles. The molecule has 92 valence electrons. The van der Waals surface area contributed by atoms with Crippen molar-refractivity contribution in [2.45, 2.75) is 26.7 Å². The van der Waals surface area contributed by atoms with Crippen LogP contribution in [0.5, 0.6) is 0 Å². The molecule has 0 heterocycles. The van der Waals surface area contributed by atoms with Crippen molar-refractivity contribution in [3.8, 4) is 0 Å². The van der Waals surface area contributed by atoms with Crippen LogP contribution in [0, 0.1) is 19.3 Å². The Labute approximate surface area is 110 Å². The molecular weight excluding hydrogens is 280 g/mol. The molecular formula is C13H17BrN2O. The molecule has 1 aromatic carbocycles. The van der Waals surface area contributed by atoms with Crippen molar-refractivity contribution in [2.75, 3.05) is 11.9 Å². The van der Waals surface area contributed by atoms with Crippen LogP contribution in [-0.4, -0.2) is 12.5 Å². The number of hydrogen-bond donors (Lipinski definition) is 2. The molecule has 17 heavy (non-hydrogen) atoms. The number of aryl methyl sites for hydroxylation is 2. The lowest BCUT2D eigenvalue weighted by Crippen LogP contribution is -2.30. The summed E-state index contributed by atoms with van der Waals surface area (Å²) < 4.78 is 1.09. The fraction of sp³-hybridized carbons (Fsp3) is 0.462. The molecule has 0 spiro atoms. The fourth-order valence-corrected chi connectivity index (χ4v) is 2.19. The molecule has 1 saturated carbocycles. The Morgan fingerprint density at radius 3 is 2.35 bits per heavy atom. The number of halogens is 1. The zero-order chi connectivity index (χ0) is 12.6. The van der Waals surface area contributed by atoms with Gasteiger partial charge in [0.25, 0.3) is 0 Å². The van der Waals surface area contributed by atoms with Crippen LogP contribution in [0.3, 0.4) is 0 Å². The third kappa shape index (κ3) is 2.38. The lowest BCUT2D eigenvalue weighted by Gasteiger charge is -2.14. The lowest BCUT2D eigenvalue weighted by atomic mass is 10.1. The number of nitrogens with two attached hydrogens (primary N) is 1. The van der Waals surface area contributed by atoms with Gasteiger partial charge in [0.2, 0.25) is 5.91 Å². The molecule has 0 radical (unpaired) electrons. The number of nitrogens with one attached hydrogen (secondary N) is 1. The van der Waals surface area contributed by atoms with Crippen LogP contribution in [-0.2, 0) is 4.79 Å². The first-order chi connectivity index (χ1) is 7.98. The number of hydrogen-bond acceptors (Lipinski definition) is 2. The third-order valence-corrected chi connectivity index (χ3v) is 4.67. The van der Waals surface area contributed by atoms with Gasteiger partial charge in [0.15, 0.2) is 0 Å². The van der Waals surface area contributed by atoms with Crippen LogP contribution >= 0.6 is 15.9 Å². The van der Waals surface area contributed by atoms with Crippen molar-refractivity contribution < 1.29 is 4.79 Å². The van der Waals surface area contributed by atoms with Crippen LogP contribution < -0.4 is 11.1 Å². The van der Waals surface area contributed by atoms with Crippen LogP contribution in [0.15, 0.2) is 16.6 Å². The van der Waals surface area contributed by atoms with Gasteiger partial charge >= 0.3 is 0 Å². The van der Waals surface area contributed by atoms with E-state index in [0.29, 0.717) is 6.54 Å². The predicted molar refractivity (Wildman–Crippen MR) is 73.0 cm³/mol. The molecule has 3 nitrogen and oxygen atoms in total. The maximum atomic E-state index is 12.0. The van der Waals surface area contributed by atoms with E-state index in [9.17, 15) is 4.79 Å². The minimum Gasteiger partial charge on any atom is -0.329 e. The molecule has 0 bridgehead atoms. The van der Waals surface area contributed by atoms with Gasteiger partial charge in [-0.25, -0.2) is 0 Å². The van der Waals surface area contributed by atoms with E-state index in [1.54, 1.807) is 0 Å². The van der Waals surface area contributed by atoms with Crippen molar-refractivity contribution in [3.05, 3.63) is 27.7 Å². The summed E-state index contributed by atoms with van der Waals surface area (Å²) in [6, 6.07) is 3.95. The van der Waals surface area contributed by atoms with Gasteiger partial charge in [-0.3, -0.25) is 4.79 Å². The van der Waals surface area contributed by atoms with Gasteiger partial charge in [0.1, 0.15) is 0 Å². The normalized spacial score (nSPS) is 16.7. The number of benzene rings is 1. The maximum Gasteiger partial charge on any atom is 0.231 e. The van der Waals surface area contributed by atoms with Gasteiger partial charge in [0.05, 0.1) is 5.41 Å². The fourth-order valence-electron chi connectivity index (χ4n) is 1.96. The first-order valence-electron chi connectivity index (χ1n) is 5.77. The molecule has 0 saturated heterocycles. The monoisotopic (exact) mass is 296 g/mol. The van der Waals surface area contributed by atoms with Gasteiger partial charge < -0.3 is 11.1 Å². The molecule has 3 N–H and O–H groups in total. The summed E-state index contributed by atoms with van der Waals surface area (Å²) in [5, 5.41) is 2.96. The molecule has 0 atom stereocenters. The highest BCUT2D eigenvalue weighted by atomic mass is 79.9.